The molecule has 43 heavy (non-hydrogen) atoms. The fourth-order valence-electron chi connectivity index (χ4n) is 5.07. The molecule has 0 bridgehead atoms. The van der Waals surface area contributed by atoms with Crippen molar-refractivity contribution < 1.29 is 14.3 Å². The van der Waals surface area contributed by atoms with Gasteiger partial charge in [-0.25, -0.2) is 14.7 Å². The molecule has 1 atom stereocenters. The van der Waals surface area contributed by atoms with Crippen LogP contribution in [0.2, 0.25) is 0 Å². The molecule has 3 aromatic rings. The number of carbonyl (C=O) groups excluding carboxylic acids is 2. The van der Waals surface area contributed by atoms with E-state index in [0.29, 0.717) is 35.4 Å². The normalized spacial score (nSPS) is 13.7. The Morgan fingerprint density at radius 3 is 2.60 bits per heavy atom. The summed E-state index contributed by atoms with van der Waals surface area (Å²) in [5.74, 6) is 1.25. The number of aromatic nitrogens is 2. The van der Waals surface area contributed by atoms with Crippen LogP contribution >= 0.6 is 0 Å². The topological polar surface area (TPSA) is 103 Å². The summed E-state index contributed by atoms with van der Waals surface area (Å²) in [5.41, 5.74) is 4.90. The molecule has 1 aliphatic rings. The smallest absolute Gasteiger partial charge is 0.330 e. The summed E-state index contributed by atoms with van der Waals surface area (Å²) in [4.78, 5) is 41.2. The first kappa shape index (κ1) is 31.5. The molecule has 228 valence electrons. The van der Waals surface area contributed by atoms with Crippen LogP contribution in [-0.2, 0) is 17.8 Å². The summed E-state index contributed by atoms with van der Waals surface area (Å²) in [6.45, 7) is 13.1. The van der Waals surface area contributed by atoms with Gasteiger partial charge in [-0.15, -0.1) is 0 Å². The SMILES string of the molecule is C=CC(=O)Nc1cc(Nc2ncc3c(n2)N(c2cccc(CC)c2)C(=O)N(C(C)C)C3)c(OC)cc1C(C)CCN(C)C. The summed E-state index contributed by atoms with van der Waals surface area (Å²) >= 11 is 0. The third kappa shape index (κ3) is 7.14. The fourth-order valence-corrected chi connectivity index (χ4v) is 5.07. The second-order valence-corrected chi connectivity index (χ2v) is 11.4. The molecular formula is C33H43N7O3. The number of anilines is 5. The lowest BCUT2D eigenvalue weighted by atomic mass is 9.94. The zero-order valence-electron chi connectivity index (χ0n) is 26.3. The van der Waals surface area contributed by atoms with Crippen LogP contribution in [0.4, 0.5) is 33.6 Å². The highest BCUT2D eigenvalue weighted by Gasteiger charge is 2.35. The highest BCUT2D eigenvalue weighted by Crippen LogP contribution is 2.39. The molecule has 0 aliphatic carbocycles. The van der Waals surface area contributed by atoms with Gasteiger partial charge in [0.25, 0.3) is 0 Å². The lowest BCUT2D eigenvalue weighted by Gasteiger charge is -2.38. The molecule has 2 heterocycles. The minimum atomic E-state index is -0.305. The summed E-state index contributed by atoms with van der Waals surface area (Å²) in [6.07, 6.45) is 4.75. The second kappa shape index (κ2) is 13.7. The van der Waals surface area contributed by atoms with Crippen molar-refractivity contribution in [2.75, 3.05) is 43.3 Å². The zero-order valence-corrected chi connectivity index (χ0v) is 26.3. The molecule has 0 fully saturated rings. The predicted octanol–water partition coefficient (Wildman–Crippen LogP) is 6.45. The number of methoxy groups -OCH3 is 1. The molecule has 0 saturated carbocycles. The van der Waals surface area contributed by atoms with Gasteiger partial charge in [0.1, 0.15) is 5.75 Å². The summed E-state index contributed by atoms with van der Waals surface area (Å²) < 4.78 is 5.77. The standard InChI is InChI=1S/C33H43N7O3/c1-9-23-12-11-13-25(16-23)40-31-24(20-39(21(3)4)33(40)42)19-34-32(37-31)36-28-18-27(35-30(41)10-2)26(17-29(28)43-8)22(5)14-15-38(6)7/h10-13,16-19,21-22H,2,9,14-15,20H2,1,3-8H3,(H,35,41)(H,34,36,37). The van der Waals surface area contributed by atoms with Crippen LogP contribution in [0.5, 0.6) is 5.75 Å². The first-order chi connectivity index (χ1) is 20.6. The number of urea groups is 1. The number of hydrogen-bond acceptors (Lipinski definition) is 7. The molecule has 1 unspecified atom stereocenters. The van der Waals surface area contributed by atoms with Crippen LogP contribution in [0, 0.1) is 0 Å². The van der Waals surface area contributed by atoms with Crippen LogP contribution in [0.25, 0.3) is 0 Å². The third-order valence-corrected chi connectivity index (χ3v) is 7.63. The fraction of sp³-hybridized carbons (Fsp3) is 0.394. The number of amides is 3. The number of rotatable bonds is 12. The molecule has 0 spiro atoms. The molecular weight excluding hydrogens is 542 g/mol. The molecule has 1 aromatic heterocycles. The van der Waals surface area contributed by atoms with Gasteiger partial charge in [-0.05, 0) is 94.7 Å². The number of fused-ring (bicyclic) bond motifs is 1. The second-order valence-electron chi connectivity index (χ2n) is 11.4. The van der Waals surface area contributed by atoms with Gasteiger partial charge in [-0.1, -0.05) is 32.6 Å². The number of aryl methyl sites for hydroxylation is 1. The number of carbonyl (C=O) groups is 2. The van der Waals surface area contributed by atoms with Crippen LogP contribution < -0.4 is 20.3 Å². The summed E-state index contributed by atoms with van der Waals surface area (Å²) in [7, 11) is 5.68. The zero-order chi connectivity index (χ0) is 31.3. The predicted molar refractivity (Wildman–Crippen MR) is 173 cm³/mol. The van der Waals surface area contributed by atoms with Crippen molar-refractivity contribution in [2.24, 2.45) is 0 Å². The van der Waals surface area contributed by atoms with E-state index in [1.807, 2.05) is 69.2 Å². The Morgan fingerprint density at radius 2 is 1.95 bits per heavy atom. The monoisotopic (exact) mass is 585 g/mol. The Bertz CT molecular complexity index is 1490. The Kier molecular flexibility index (Phi) is 10.0. The Labute approximate surface area is 254 Å². The van der Waals surface area contributed by atoms with Gasteiger partial charge in [0.15, 0.2) is 5.82 Å². The number of nitrogens with one attached hydrogen (secondary N) is 2. The maximum absolute atomic E-state index is 13.8. The lowest BCUT2D eigenvalue weighted by molar-refractivity contribution is -0.111. The Balaban J connectivity index is 1.76. The van der Waals surface area contributed by atoms with Crippen molar-refractivity contribution in [3.8, 4) is 5.75 Å². The van der Waals surface area contributed by atoms with E-state index in [4.69, 9.17) is 9.72 Å². The van der Waals surface area contributed by atoms with Crippen molar-refractivity contribution in [3.63, 3.8) is 0 Å². The van der Waals surface area contributed by atoms with Crippen LogP contribution in [-0.4, -0.2) is 65.5 Å². The third-order valence-electron chi connectivity index (χ3n) is 7.63. The Hall–Kier alpha value is -4.44. The van der Waals surface area contributed by atoms with E-state index in [1.54, 1.807) is 18.2 Å². The summed E-state index contributed by atoms with van der Waals surface area (Å²) in [5, 5.41) is 6.23. The minimum Gasteiger partial charge on any atom is -0.495 e. The summed E-state index contributed by atoms with van der Waals surface area (Å²) in [6, 6.07) is 11.6. The van der Waals surface area contributed by atoms with Gasteiger partial charge in [0.2, 0.25) is 11.9 Å². The van der Waals surface area contributed by atoms with Gasteiger partial charge in [-0.3, -0.25) is 4.79 Å². The maximum Gasteiger partial charge on any atom is 0.330 e. The van der Waals surface area contributed by atoms with Gasteiger partial charge >= 0.3 is 6.03 Å². The number of hydrogen-bond donors (Lipinski definition) is 2. The highest BCUT2D eigenvalue weighted by molar-refractivity contribution is 6.01. The van der Waals surface area contributed by atoms with Crippen molar-refractivity contribution in [2.45, 2.75) is 59.0 Å². The van der Waals surface area contributed by atoms with Crippen molar-refractivity contribution in [3.05, 3.63) is 71.9 Å². The minimum absolute atomic E-state index is 0.00222. The van der Waals surface area contributed by atoms with Gasteiger partial charge in [0, 0.05) is 23.5 Å². The van der Waals surface area contributed by atoms with Gasteiger partial charge < -0.3 is 25.2 Å². The highest BCUT2D eigenvalue weighted by atomic mass is 16.5. The van der Waals surface area contributed by atoms with Gasteiger partial charge in [0.05, 0.1) is 25.0 Å². The molecule has 2 aromatic carbocycles. The van der Waals surface area contributed by atoms with Crippen molar-refractivity contribution >= 4 is 40.8 Å². The van der Waals surface area contributed by atoms with E-state index in [2.05, 4.69) is 40.9 Å². The van der Waals surface area contributed by atoms with Crippen LogP contribution in [0.3, 0.4) is 0 Å². The molecule has 4 rings (SSSR count). The first-order valence-corrected chi connectivity index (χ1v) is 14.7. The average molecular weight is 586 g/mol. The first-order valence-electron chi connectivity index (χ1n) is 14.7. The van der Waals surface area contributed by atoms with E-state index in [-0.39, 0.29) is 23.9 Å². The molecule has 1 aliphatic heterocycles. The average Bonchev–Trinajstić information content (AvgIpc) is 2.99. The molecule has 0 saturated heterocycles. The number of nitrogens with zero attached hydrogens (tertiary/aromatic N) is 5. The lowest BCUT2D eigenvalue weighted by Crippen LogP contribution is -2.48. The molecule has 10 heteroatoms. The quantitative estimate of drug-likeness (QED) is 0.235. The van der Waals surface area contributed by atoms with Crippen LogP contribution in [0.1, 0.15) is 56.7 Å². The molecule has 2 N–H and O–H groups in total. The number of ether oxygens (including phenoxy) is 1. The van der Waals surface area contributed by atoms with Crippen molar-refractivity contribution in [1.29, 1.82) is 0 Å². The van der Waals surface area contributed by atoms with E-state index >= 15 is 0 Å². The molecule has 3 amide bonds. The number of benzene rings is 2. The van der Waals surface area contributed by atoms with Gasteiger partial charge in [-0.2, -0.15) is 4.98 Å². The van der Waals surface area contributed by atoms with Crippen LogP contribution in [0.15, 0.2) is 55.3 Å². The van der Waals surface area contributed by atoms with E-state index in [9.17, 15) is 9.59 Å². The largest absolute Gasteiger partial charge is 0.495 e. The maximum atomic E-state index is 13.8. The molecule has 0 radical (unpaired) electrons. The van der Waals surface area contributed by atoms with E-state index in [1.165, 1.54) is 6.08 Å². The molecule has 10 nitrogen and oxygen atoms in total. The van der Waals surface area contributed by atoms with Crippen molar-refractivity contribution in [1.82, 2.24) is 19.8 Å². The Morgan fingerprint density at radius 1 is 1.19 bits per heavy atom. The van der Waals surface area contributed by atoms with E-state index < -0.39 is 0 Å². The van der Waals surface area contributed by atoms with E-state index in [0.717, 1.165) is 41.8 Å².